The van der Waals surface area contributed by atoms with Gasteiger partial charge in [-0.15, -0.1) is 0 Å². The fraction of sp³-hybridized carbons (Fsp3) is 0.400. The summed E-state index contributed by atoms with van der Waals surface area (Å²) in [4.78, 5) is 11.8. The third-order valence-corrected chi connectivity index (χ3v) is 3.24. The highest BCUT2D eigenvalue weighted by Crippen LogP contribution is 2.09. The van der Waals surface area contributed by atoms with Gasteiger partial charge in [0.25, 0.3) is 0 Å². The molecule has 1 aromatic carbocycles. The maximum atomic E-state index is 11.8. The SMILES string of the molecule is Cc1ccccc1C(=O)OCCC=CO[Si](C)(C)C. The van der Waals surface area contributed by atoms with Crippen LogP contribution in [-0.4, -0.2) is 20.9 Å². The molecule has 0 heterocycles. The van der Waals surface area contributed by atoms with Crippen molar-refractivity contribution in [2.24, 2.45) is 0 Å². The molecule has 3 nitrogen and oxygen atoms in total. The molecular weight excluding hydrogens is 256 g/mol. The molecule has 0 saturated heterocycles. The van der Waals surface area contributed by atoms with Crippen LogP contribution in [0.4, 0.5) is 0 Å². The Bertz CT molecular complexity index is 447. The van der Waals surface area contributed by atoms with Crippen molar-refractivity contribution >= 4 is 14.3 Å². The predicted octanol–water partition coefficient (Wildman–Crippen LogP) is 3.91. The van der Waals surface area contributed by atoms with Crippen LogP contribution in [0.5, 0.6) is 0 Å². The van der Waals surface area contributed by atoms with Crippen LogP contribution in [0.25, 0.3) is 0 Å². The van der Waals surface area contributed by atoms with Crippen LogP contribution in [-0.2, 0) is 9.16 Å². The van der Waals surface area contributed by atoms with Crippen molar-refractivity contribution in [3.05, 3.63) is 47.7 Å². The van der Waals surface area contributed by atoms with E-state index in [2.05, 4.69) is 19.6 Å². The van der Waals surface area contributed by atoms with E-state index in [9.17, 15) is 4.79 Å². The number of hydrogen-bond acceptors (Lipinski definition) is 3. The summed E-state index contributed by atoms with van der Waals surface area (Å²) in [5.74, 6) is -0.266. The third kappa shape index (κ3) is 6.24. The minimum Gasteiger partial charge on any atom is -0.550 e. The van der Waals surface area contributed by atoms with Crippen molar-refractivity contribution in [2.45, 2.75) is 33.0 Å². The van der Waals surface area contributed by atoms with Gasteiger partial charge < -0.3 is 9.16 Å². The van der Waals surface area contributed by atoms with Gasteiger partial charge >= 0.3 is 5.97 Å². The Kier molecular flexibility index (Phi) is 5.82. The van der Waals surface area contributed by atoms with Gasteiger partial charge in [0.15, 0.2) is 0 Å². The number of rotatable bonds is 6. The van der Waals surface area contributed by atoms with Crippen molar-refractivity contribution in [2.75, 3.05) is 6.61 Å². The summed E-state index contributed by atoms with van der Waals surface area (Å²) in [5, 5.41) is 0. The molecule has 1 rings (SSSR count). The lowest BCUT2D eigenvalue weighted by molar-refractivity contribution is 0.0510. The lowest BCUT2D eigenvalue weighted by atomic mass is 10.1. The van der Waals surface area contributed by atoms with Crippen molar-refractivity contribution in [3.63, 3.8) is 0 Å². The highest BCUT2D eigenvalue weighted by Gasteiger charge is 2.12. The summed E-state index contributed by atoms with van der Waals surface area (Å²) < 4.78 is 10.8. The number of hydrogen-bond donors (Lipinski definition) is 0. The molecule has 0 radical (unpaired) electrons. The second kappa shape index (κ2) is 7.14. The molecule has 0 atom stereocenters. The number of aryl methyl sites for hydroxylation is 1. The molecule has 0 N–H and O–H groups in total. The summed E-state index contributed by atoms with van der Waals surface area (Å²) in [6.07, 6.45) is 4.28. The van der Waals surface area contributed by atoms with Crippen molar-refractivity contribution in [1.82, 2.24) is 0 Å². The first kappa shape index (κ1) is 15.5. The summed E-state index contributed by atoms with van der Waals surface area (Å²) in [7, 11) is -1.49. The van der Waals surface area contributed by atoms with Crippen LogP contribution in [0.3, 0.4) is 0 Å². The third-order valence-electron chi connectivity index (χ3n) is 2.40. The zero-order valence-corrected chi connectivity index (χ0v) is 13.1. The van der Waals surface area contributed by atoms with E-state index in [0.29, 0.717) is 18.6 Å². The normalized spacial score (nSPS) is 11.6. The molecule has 0 aromatic heterocycles. The minimum atomic E-state index is -1.49. The van der Waals surface area contributed by atoms with Gasteiger partial charge in [0.05, 0.1) is 18.4 Å². The van der Waals surface area contributed by atoms with Gasteiger partial charge in [-0.1, -0.05) is 18.2 Å². The Hall–Kier alpha value is -1.55. The molecule has 4 heteroatoms. The number of benzene rings is 1. The van der Waals surface area contributed by atoms with Gasteiger partial charge in [-0.2, -0.15) is 0 Å². The molecule has 0 saturated carbocycles. The highest BCUT2D eigenvalue weighted by atomic mass is 28.4. The quantitative estimate of drug-likeness (QED) is 0.342. The molecule has 0 aliphatic heterocycles. The lowest BCUT2D eigenvalue weighted by Crippen LogP contribution is -2.21. The van der Waals surface area contributed by atoms with E-state index in [1.165, 1.54) is 0 Å². The predicted molar refractivity (Wildman–Crippen MR) is 79.6 cm³/mol. The Balaban J connectivity index is 2.31. The van der Waals surface area contributed by atoms with E-state index in [1.807, 2.05) is 31.2 Å². The van der Waals surface area contributed by atoms with Crippen LogP contribution in [0, 0.1) is 6.92 Å². The first-order chi connectivity index (χ1) is 8.90. The highest BCUT2D eigenvalue weighted by molar-refractivity contribution is 6.69. The fourth-order valence-corrected chi connectivity index (χ4v) is 1.92. The van der Waals surface area contributed by atoms with Crippen molar-refractivity contribution in [3.8, 4) is 0 Å². The second-order valence-electron chi connectivity index (χ2n) is 5.34. The molecular formula is C15H22O3Si. The summed E-state index contributed by atoms with van der Waals surface area (Å²) in [5.41, 5.74) is 1.56. The van der Waals surface area contributed by atoms with E-state index >= 15 is 0 Å². The molecule has 0 aliphatic carbocycles. The van der Waals surface area contributed by atoms with E-state index in [1.54, 1.807) is 12.3 Å². The first-order valence-electron chi connectivity index (χ1n) is 6.46. The van der Waals surface area contributed by atoms with Gasteiger partial charge in [0.2, 0.25) is 8.32 Å². The largest absolute Gasteiger partial charge is 0.550 e. The van der Waals surface area contributed by atoms with Crippen LogP contribution in [0.1, 0.15) is 22.3 Å². The Labute approximate surface area is 116 Å². The lowest BCUT2D eigenvalue weighted by Gasteiger charge is -2.14. The van der Waals surface area contributed by atoms with Crippen LogP contribution in [0.2, 0.25) is 19.6 Å². The molecule has 19 heavy (non-hydrogen) atoms. The molecule has 0 fully saturated rings. The van der Waals surface area contributed by atoms with Crippen LogP contribution >= 0.6 is 0 Å². The molecule has 0 spiro atoms. The monoisotopic (exact) mass is 278 g/mol. The van der Waals surface area contributed by atoms with Gasteiger partial charge in [0.1, 0.15) is 0 Å². The number of carbonyl (C=O) groups excluding carboxylic acids is 1. The number of esters is 1. The number of ether oxygens (including phenoxy) is 1. The standard InChI is InChI=1S/C15H22O3Si/c1-13-9-5-6-10-14(13)15(16)17-11-7-8-12-18-19(2,3)4/h5-6,8-10,12H,7,11H2,1-4H3. The minimum absolute atomic E-state index is 0.266. The molecule has 0 bridgehead atoms. The molecule has 0 unspecified atom stereocenters. The molecule has 0 amide bonds. The van der Waals surface area contributed by atoms with Gasteiger partial charge in [-0.3, -0.25) is 0 Å². The van der Waals surface area contributed by atoms with Crippen molar-refractivity contribution < 1.29 is 14.0 Å². The van der Waals surface area contributed by atoms with Gasteiger partial charge in [0, 0.05) is 6.42 Å². The maximum Gasteiger partial charge on any atom is 0.338 e. The average Bonchev–Trinajstić information content (AvgIpc) is 2.32. The Morgan fingerprint density at radius 1 is 1.26 bits per heavy atom. The molecule has 0 aliphatic rings. The smallest absolute Gasteiger partial charge is 0.338 e. The molecule has 104 valence electrons. The Morgan fingerprint density at radius 3 is 2.58 bits per heavy atom. The average molecular weight is 278 g/mol. The Morgan fingerprint density at radius 2 is 1.95 bits per heavy atom. The van der Waals surface area contributed by atoms with Gasteiger partial charge in [-0.05, 0) is 44.3 Å². The second-order valence-corrected chi connectivity index (χ2v) is 9.80. The number of carbonyl (C=O) groups is 1. The van der Waals surface area contributed by atoms with Crippen LogP contribution < -0.4 is 0 Å². The van der Waals surface area contributed by atoms with E-state index in [0.717, 1.165) is 5.56 Å². The van der Waals surface area contributed by atoms with E-state index < -0.39 is 8.32 Å². The maximum absolute atomic E-state index is 11.8. The van der Waals surface area contributed by atoms with E-state index in [4.69, 9.17) is 9.16 Å². The zero-order valence-electron chi connectivity index (χ0n) is 12.1. The van der Waals surface area contributed by atoms with E-state index in [-0.39, 0.29) is 5.97 Å². The summed E-state index contributed by atoms with van der Waals surface area (Å²) in [6.45, 7) is 8.64. The van der Waals surface area contributed by atoms with Crippen molar-refractivity contribution in [1.29, 1.82) is 0 Å². The summed E-state index contributed by atoms with van der Waals surface area (Å²) in [6, 6.07) is 7.42. The topological polar surface area (TPSA) is 35.5 Å². The summed E-state index contributed by atoms with van der Waals surface area (Å²) >= 11 is 0. The zero-order chi connectivity index (χ0) is 14.3. The first-order valence-corrected chi connectivity index (χ1v) is 9.86. The van der Waals surface area contributed by atoms with Gasteiger partial charge in [-0.25, -0.2) is 4.79 Å². The fourth-order valence-electron chi connectivity index (χ4n) is 1.42. The van der Waals surface area contributed by atoms with Crippen LogP contribution in [0.15, 0.2) is 36.6 Å². The molecule has 1 aromatic rings.